The molecule has 15 heavy (non-hydrogen) atoms. The van der Waals surface area contributed by atoms with Crippen molar-refractivity contribution < 1.29 is 9.84 Å². The Hall–Kier alpha value is -0.490. The number of aryl methyl sites for hydroxylation is 1. The van der Waals surface area contributed by atoms with E-state index in [-0.39, 0.29) is 6.04 Å². The Bertz CT molecular complexity index is 291. The minimum Gasteiger partial charge on any atom is -0.389 e. The first-order chi connectivity index (χ1) is 7.13. The van der Waals surface area contributed by atoms with Crippen LogP contribution in [-0.2, 0) is 4.74 Å². The Kier molecular flexibility index (Phi) is 5.17. The summed E-state index contributed by atoms with van der Waals surface area (Å²) in [6, 6.07) is 0.176. The fraction of sp³-hybridized carbons (Fsp3) is 0.700. The molecule has 4 nitrogen and oxygen atoms in total. The van der Waals surface area contributed by atoms with Gasteiger partial charge in [-0.2, -0.15) is 0 Å². The fourth-order valence-corrected chi connectivity index (χ4v) is 2.05. The quantitative estimate of drug-likeness (QED) is 0.768. The monoisotopic (exact) mass is 230 g/mol. The van der Waals surface area contributed by atoms with Gasteiger partial charge in [-0.25, -0.2) is 4.98 Å². The molecule has 2 atom stereocenters. The first-order valence-electron chi connectivity index (χ1n) is 4.96. The SMILES string of the molecule is COC[C@@H](O)CN[C@H](C)c1nc(C)cs1. The normalized spacial score (nSPS) is 15.2. The largest absolute Gasteiger partial charge is 0.389 e. The lowest BCUT2D eigenvalue weighted by atomic mass is 10.3. The van der Waals surface area contributed by atoms with Crippen LogP contribution in [0.2, 0.25) is 0 Å². The molecule has 5 heteroatoms. The number of rotatable bonds is 6. The zero-order valence-electron chi connectivity index (χ0n) is 9.36. The molecule has 0 fully saturated rings. The minimum absolute atomic E-state index is 0.176. The number of thiazole rings is 1. The number of hydrogen-bond donors (Lipinski definition) is 2. The molecule has 86 valence electrons. The third kappa shape index (κ3) is 4.25. The number of methoxy groups -OCH3 is 1. The van der Waals surface area contributed by atoms with Crippen LogP contribution < -0.4 is 5.32 Å². The van der Waals surface area contributed by atoms with Crippen molar-refractivity contribution in [2.24, 2.45) is 0 Å². The summed E-state index contributed by atoms with van der Waals surface area (Å²) in [5.41, 5.74) is 1.04. The van der Waals surface area contributed by atoms with Gasteiger partial charge in [-0.3, -0.25) is 0 Å². The molecule has 0 aromatic carbocycles. The van der Waals surface area contributed by atoms with Gasteiger partial charge >= 0.3 is 0 Å². The van der Waals surface area contributed by atoms with E-state index in [0.29, 0.717) is 13.2 Å². The molecule has 0 spiro atoms. The standard InChI is InChI=1S/C10H18N2O2S/c1-7-6-15-10(12-7)8(2)11-4-9(13)5-14-3/h6,8-9,11,13H,4-5H2,1-3H3/t8-,9+/m1/s1. The van der Waals surface area contributed by atoms with E-state index in [9.17, 15) is 5.11 Å². The number of ether oxygens (including phenoxy) is 1. The predicted octanol–water partition coefficient (Wildman–Crippen LogP) is 1.11. The zero-order chi connectivity index (χ0) is 11.3. The average Bonchev–Trinajstić information content (AvgIpc) is 2.62. The molecule has 0 radical (unpaired) electrons. The highest BCUT2D eigenvalue weighted by Gasteiger charge is 2.10. The van der Waals surface area contributed by atoms with Gasteiger partial charge in [0.2, 0.25) is 0 Å². The van der Waals surface area contributed by atoms with Gasteiger partial charge in [-0.1, -0.05) is 0 Å². The summed E-state index contributed by atoms with van der Waals surface area (Å²) in [5, 5.41) is 15.7. The van der Waals surface area contributed by atoms with Crippen molar-refractivity contribution in [3.8, 4) is 0 Å². The van der Waals surface area contributed by atoms with E-state index in [1.807, 2.05) is 19.2 Å². The van der Waals surface area contributed by atoms with Gasteiger partial charge in [0, 0.05) is 24.7 Å². The van der Waals surface area contributed by atoms with Gasteiger partial charge in [-0.05, 0) is 13.8 Å². The summed E-state index contributed by atoms with van der Waals surface area (Å²) in [5.74, 6) is 0. The number of nitrogens with zero attached hydrogens (tertiary/aromatic N) is 1. The lowest BCUT2D eigenvalue weighted by Gasteiger charge is -2.14. The number of hydrogen-bond acceptors (Lipinski definition) is 5. The molecule has 1 aromatic heterocycles. The van der Waals surface area contributed by atoms with Gasteiger partial charge in [0.15, 0.2) is 0 Å². The van der Waals surface area contributed by atoms with Crippen LogP contribution in [0.5, 0.6) is 0 Å². The Morgan fingerprint density at radius 3 is 2.93 bits per heavy atom. The maximum absolute atomic E-state index is 9.45. The summed E-state index contributed by atoms with van der Waals surface area (Å²) >= 11 is 1.64. The summed E-state index contributed by atoms with van der Waals surface area (Å²) < 4.78 is 4.84. The molecular weight excluding hydrogens is 212 g/mol. The summed E-state index contributed by atoms with van der Waals surface area (Å²) in [6.45, 7) is 4.90. The second-order valence-corrected chi connectivity index (χ2v) is 4.46. The summed E-state index contributed by atoms with van der Waals surface area (Å²) in [6.07, 6.45) is -0.460. The van der Waals surface area contributed by atoms with Gasteiger partial charge in [0.05, 0.1) is 18.8 Å². The van der Waals surface area contributed by atoms with E-state index >= 15 is 0 Å². The summed E-state index contributed by atoms with van der Waals surface area (Å²) in [4.78, 5) is 4.38. The van der Waals surface area contributed by atoms with Crippen LogP contribution in [0.3, 0.4) is 0 Å². The van der Waals surface area contributed by atoms with Crippen LogP contribution in [-0.4, -0.2) is 36.5 Å². The maximum atomic E-state index is 9.45. The molecule has 0 aliphatic rings. The molecule has 1 aromatic rings. The maximum Gasteiger partial charge on any atom is 0.110 e. The second-order valence-electron chi connectivity index (χ2n) is 3.57. The summed E-state index contributed by atoms with van der Waals surface area (Å²) in [7, 11) is 1.58. The Morgan fingerprint density at radius 2 is 2.40 bits per heavy atom. The molecule has 0 aliphatic carbocycles. The third-order valence-electron chi connectivity index (χ3n) is 2.03. The zero-order valence-corrected chi connectivity index (χ0v) is 10.2. The predicted molar refractivity (Wildman–Crippen MR) is 61.2 cm³/mol. The number of aliphatic hydroxyl groups is 1. The second kappa shape index (κ2) is 6.17. The van der Waals surface area contributed by atoms with Crippen LogP contribution >= 0.6 is 11.3 Å². The van der Waals surface area contributed by atoms with E-state index in [2.05, 4.69) is 10.3 Å². The number of aliphatic hydroxyl groups excluding tert-OH is 1. The smallest absolute Gasteiger partial charge is 0.110 e. The van der Waals surface area contributed by atoms with Crippen molar-refractivity contribution in [3.05, 3.63) is 16.1 Å². The third-order valence-corrected chi connectivity index (χ3v) is 3.17. The molecule has 0 saturated carbocycles. The number of nitrogens with one attached hydrogen (secondary N) is 1. The first kappa shape index (κ1) is 12.6. The van der Waals surface area contributed by atoms with Crippen LogP contribution in [0.25, 0.3) is 0 Å². The molecule has 1 rings (SSSR count). The van der Waals surface area contributed by atoms with Crippen LogP contribution in [0.1, 0.15) is 23.7 Å². The van der Waals surface area contributed by atoms with Gasteiger partial charge < -0.3 is 15.2 Å². The van der Waals surface area contributed by atoms with Crippen molar-refractivity contribution in [2.75, 3.05) is 20.3 Å². The molecule has 0 bridgehead atoms. The van der Waals surface area contributed by atoms with Crippen molar-refractivity contribution in [1.29, 1.82) is 0 Å². The van der Waals surface area contributed by atoms with Crippen molar-refractivity contribution in [1.82, 2.24) is 10.3 Å². The van der Waals surface area contributed by atoms with Crippen molar-refractivity contribution in [2.45, 2.75) is 26.0 Å². The Labute approximate surface area is 94.3 Å². The molecule has 0 aliphatic heterocycles. The molecule has 0 amide bonds. The molecule has 1 heterocycles. The lowest BCUT2D eigenvalue weighted by molar-refractivity contribution is 0.0630. The Morgan fingerprint density at radius 1 is 1.67 bits per heavy atom. The highest BCUT2D eigenvalue weighted by Crippen LogP contribution is 2.16. The Balaban J connectivity index is 2.33. The lowest BCUT2D eigenvalue weighted by Crippen LogP contribution is -2.31. The minimum atomic E-state index is -0.460. The van der Waals surface area contributed by atoms with E-state index in [4.69, 9.17) is 4.74 Å². The fourth-order valence-electron chi connectivity index (χ4n) is 1.22. The van der Waals surface area contributed by atoms with Gasteiger partial charge in [0.1, 0.15) is 5.01 Å². The van der Waals surface area contributed by atoms with Gasteiger partial charge in [0.25, 0.3) is 0 Å². The topological polar surface area (TPSA) is 54.4 Å². The van der Waals surface area contributed by atoms with Crippen LogP contribution in [0, 0.1) is 6.92 Å². The molecule has 0 saturated heterocycles. The van der Waals surface area contributed by atoms with Crippen LogP contribution in [0.15, 0.2) is 5.38 Å². The van der Waals surface area contributed by atoms with Gasteiger partial charge in [-0.15, -0.1) is 11.3 Å². The highest BCUT2D eigenvalue weighted by molar-refractivity contribution is 7.09. The molecular formula is C10H18N2O2S. The highest BCUT2D eigenvalue weighted by atomic mass is 32.1. The van der Waals surface area contributed by atoms with E-state index in [0.717, 1.165) is 10.7 Å². The van der Waals surface area contributed by atoms with E-state index in [1.54, 1.807) is 18.4 Å². The molecule has 2 N–H and O–H groups in total. The van der Waals surface area contributed by atoms with E-state index in [1.165, 1.54) is 0 Å². The molecule has 0 unspecified atom stereocenters. The number of aromatic nitrogens is 1. The van der Waals surface area contributed by atoms with E-state index < -0.39 is 6.10 Å². The van der Waals surface area contributed by atoms with Crippen LogP contribution in [0.4, 0.5) is 0 Å². The van der Waals surface area contributed by atoms with Crippen molar-refractivity contribution in [3.63, 3.8) is 0 Å². The average molecular weight is 230 g/mol. The van der Waals surface area contributed by atoms with Crippen molar-refractivity contribution >= 4 is 11.3 Å². The first-order valence-corrected chi connectivity index (χ1v) is 5.84.